The molecule has 0 nitrogen and oxygen atoms in total. The molecule has 40 valence electrons. The van der Waals surface area contributed by atoms with Crippen molar-refractivity contribution in [2.75, 3.05) is 0 Å². The Kier molecular flexibility index (Phi) is 1.24. The van der Waals surface area contributed by atoms with Crippen LogP contribution in [-0.2, 0) is 0 Å². The molecular weight excluding hydrogens is 152 g/mol. The summed E-state index contributed by atoms with van der Waals surface area (Å²) >= 11 is 3.50. The molecule has 1 aliphatic carbocycles. The first kappa shape index (κ1) is 5.36. The second kappa shape index (κ2) is 1.62. The molecule has 1 rings (SSSR count). The van der Waals surface area contributed by atoms with Crippen molar-refractivity contribution in [3.63, 3.8) is 0 Å². The van der Waals surface area contributed by atoms with Gasteiger partial charge in [0.2, 0.25) is 0 Å². The zero-order valence-electron chi connectivity index (χ0n) is 4.39. The van der Waals surface area contributed by atoms with Crippen LogP contribution in [0.15, 0.2) is 12.7 Å². The fourth-order valence-electron chi connectivity index (χ4n) is 0.788. The molecule has 1 fully saturated rings. The van der Waals surface area contributed by atoms with Crippen molar-refractivity contribution in [2.45, 2.75) is 11.8 Å². The van der Waals surface area contributed by atoms with Crippen molar-refractivity contribution >= 4 is 15.9 Å². The highest BCUT2D eigenvalue weighted by atomic mass is 79.9. The lowest BCUT2D eigenvalue weighted by molar-refractivity contribution is 0.902. The minimum Gasteiger partial charge on any atom is -0.103 e. The van der Waals surface area contributed by atoms with E-state index in [2.05, 4.69) is 29.4 Å². The Morgan fingerprint density at radius 3 is 2.14 bits per heavy atom. The number of rotatable bonds is 1. The van der Waals surface area contributed by atoms with E-state index in [-0.39, 0.29) is 0 Å². The first-order valence-corrected chi connectivity index (χ1v) is 3.45. The van der Waals surface area contributed by atoms with Gasteiger partial charge in [-0.3, -0.25) is 0 Å². The summed E-state index contributed by atoms with van der Waals surface area (Å²) in [6.45, 7) is 5.92. The molecule has 0 spiro atoms. The number of hydrogen-bond donors (Lipinski definition) is 0. The van der Waals surface area contributed by atoms with Crippen LogP contribution in [0.4, 0.5) is 0 Å². The molecule has 0 radical (unpaired) electrons. The highest BCUT2D eigenvalue weighted by Crippen LogP contribution is 2.45. The average molecular weight is 161 g/mol. The van der Waals surface area contributed by atoms with Gasteiger partial charge in [0.15, 0.2) is 0 Å². The third-order valence-corrected chi connectivity index (χ3v) is 3.05. The SMILES string of the molecule is C=C[C@H]1[C@@H](C)[C@@H]1Br. The Bertz CT molecular complexity index is 80.2. The van der Waals surface area contributed by atoms with Crippen LogP contribution in [-0.4, -0.2) is 4.83 Å². The maximum absolute atomic E-state index is 3.69. The zero-order chi connectivity index (χ0) is 5.44. The van der Waals surface area contributed by atoms with E-state index in [1.54, 1.807) is 0 Å². The van der Waals surface area contributed by atoms with E-state index in [1.807, 2.05) is 6.08 Å². The maximum Gasteiger partial charge on any atom is 0.0243 e. The second-order valence-corrected chi connectivity index (χ2v) is 3.17. The van der Waals surface area contributed by atoms with Gasteiger partial charge in [-0.2, -0.15) is 0 Å². The van der Waals surface area contributed by atoms with Crippen LogP contribution >= 0.6 is 15.9 Å². The predicted molar refractivity (Wildman–Crippen MR) is 35.6 cm³/mol. The van der Waals surface area contributed by atoms with Crippen molar-refractivity contribution in [3.05, 3.63) is 12.7 Å². The summed E-state index contributed by atoms with van der Waals surface area (Å²) in [4.78, 5) is 0.727. The molecule has 1 saturated carbocycles. The van der Waals surface area contributed by atoms with Gasteiger partial charge >= 0.3 is 0 Å². The highest BCUT2D eigenvalue weighted by molar-refractivity contribution is 9.09. The minimum atomic E-state index is 0.727. The van der Waals surface area contributed by atoms with E-state index in [1.165, 1.54) is 0 Å². The van der Waals surface area contributed by atoms with Crippen molar-refractivity contribution in [2.24, 2.45) is 11.8 Å². The third-order valence-electron chi connectivity index (χ3n) is 1.61. The van der Waals surface area contributed by atoms with Crippen LogP contribution in [0.2, 0.25) is 0 Å². The molecule has 1 heteroatoms. The number of halogens is 1. The summed E-state index contributed by atoms with van der Waals surface area (Å²) in [5.41, 5.74) is 0. The normalized spacial score (nSPS) is 48.6. The van der Waals surface area contributed by atoms with Crippen LogP contribution in [0, 0.1) is 11.8 Å². The van der Waals surface area contributed by atoms with Gasteiger partial charge in [-0.15, -0.1) is 6.58 Å². The fourth-order valence-corrected chi connectivity index (χ4v) is 1.66. The summed E-state index contributed by atoms with van der Waals surface area (Å²) < 4.78 is 0. The molecule has 7 heavy (non-hydrogen) atoms. The van der Waals surface area contributed by atoms with E-state index >= 15 is 0 Å². The van der Waals surface area contributed by atoms with E-state index in [0.717, 1.165) is 16.7 Å². The largest absolute Gasteiger partial charge is 0.103 e. The summed E-state index contributed by atoms with van der Waals surface area (Å²) in [5.74, 6) is 1.58. The smallest absolute Gasteiger partial charge is 0.0243 e. The lowest BCUT2D eigenvalue weighted by Gasteiger charge is -1.72. The van der Waals surface area contributed by atoms with E-state index in [0.29, 0.717) is 0 Å². The topological polar surface area (TPSA) is 0 Å². The standard InChI is InChI=1S/C6H9Br/c1-3-5-4(2)6(5)7/h3-6H,1H2,2H3/t4-,5+,6+/m1/s1. The molecule has 0 aromatic rings. The molecule has 0 aromatic heterocycles. The Morgan fingerprint density at radius 2 is 2.14 bits per heavy atom. The average Bonchev–Trinajstić information content (AvgIpc) is 2.17. The summed E-state index contributed by atoms with van der Waals surface area (Å²) in [5, 5.41) is 0. The molecule has 0 amide bonds. The van der Waals surface area contributed by atoms with Gasteiger partial charge < -0.3 is 0 Å². The van der Waals surface area contributed by atoms with Gasteiger partial charge in [0.25, 0.3) is 0 Å². The van der Waals surface area contributed by atoms with Gasteiger partial charge in [0, 0.05) is 4.83 Å². The minimum absolute atomic E-state index is 0.727. The van der Waals surface area contributed by atoms with Gasteiger partial charge in [-0.1, -0.05) is 28.9 Å². The van der Waals surface area contributed by atoms with Gasteiger partial charge in [-0.05, 0) is 11.8 Å². The summed E-state index contributed by atoms with van der Waals surface area (Å²) in [6, 6.07) is 0. The molecular formula is C6H9Br. The number of alkyl halides is 1. The van der Waals surface area contributed by atoms with E-state index in [4.69, 9.17) is 0 Å². The van der Waals surface area contributed by atoms with Gasteiger partial charge in [-0.25, -0.2) is 0 Å². The van der Waals surface area contributed by atoms with Crippen LogP contribution < -0.4 is 0 Å². The summed E-state index contributed by atoms with van der Waals surface area (Å²) in [7, 11) is 0. The molecule has 0 bridgehead atoms. The monoisotopic (exact) mass is 160 g/mol. The van der Waals surface area contributed by atoms with Crippen LogP contribution in [0.25, 0.3) is 0 Å². The Hall–Kier alpha value is 0.220. The quantitative estimate of drug-likeness (QED) is 0.408. The first-order valence-electron chi connectivity index (χ1n) is 2.54. The van der Waals surface area contributed by atoms with Crippen molar-refractivity contribution in [1.82, 2.24) is 0 Å². The molecule has 1 aliphatic rings. The highest BCUT2D eigenvalue weighted by Gasteiger charge is 2.41. The molecule has 0 aromatic carbocycles. The van der Waals surface area contributed by atoms with Crippen LogP contribution in [0.3, 0.4) is 0 Å². The lowest BCUT2D eigenvalue weighted by atomic mass is 10.3. The van der Waals surface area contributed by atoms with Gasteiger partial charge in [0.05, 0.1) is 0 Å². The van der Waals surface area contributed by atoms with Crippen molar-refractivity contribution < 1.29 is 0 Å². The van der Waals surface area contributed by atoms with Crippen LogP contribution in [0.1, 0.15) is 6.92 Å². The fraction of sp³-hybridized carbons (Fsp3) is 0.667. The second-order valence-electron chi connectivity index (χ2n) is 2.12. The predicted octanol–water partition coefficient (Wildman–Crippen LogP) is 2.20. The third kappa shape index (κ3) is 0.742. The van der Waals surface area contributed by atoms with Crippen molar-refractivity contribution in [1.29, 1.82) is 0 Å². The lowest BCUT2D eigenvalue weighted by Crippen LogP contribution is -1.64. The Morgan fingerprint density at radius 1 is 1.71 bits per heavy atom. The summed E-state index contributed by atoms with van der Waals surface area (Å²) in [6.07, 6.45) is 2.02. The number of hydrogen-bond acceptors (Lipinski definition) is 0. The molecule has 0 saturated heterocycles. The van der Waals surface area contributed by atoms with Crippen molar-refractivity contribution in [3.8, 4) is 0 Å². The zero-order valence-corrected chi connectivity index (χ0v) is 5.98. The van der Waals surface area contributed by atoms with E-state index < -0.39 is 0 Å². The Balaban J connectivity index is 2.37. The van der Waals surface area contributed by atoms with Gasteiger partial charge in [0.1, 0.15) is 0 Å². The molecule has 0 N–H and O–H groups in total. The molecule has 3 atom stereocenters. The number of allylic oxidation sites excluding steroid dienone is 1. The van der Waals surface area contributed by atoms with E-state index in [9.17, 15) is 0 Å². The molecule has 0 aliphatic heterocycles. The molecule has 0 unspecified atom stereocenters. The Labute approximate surface area is 52.7 Å². The first-order chi connectivity index (χ1) is 3.27. The maximum atomic E-state index is 3.69. The van der Waals surface area contributed by atoms with Crippen LogP contribution in [0.5, 0.6) is 0 Å². The molecule has 0 heterocycles.